The van der Waals surface area contributed by atoms with Crippen molar-refractivity contribution in [2.45, 2.75) is 6.92 Å². The molecule has 8 heteroatoms. The van der Waals surface area contributed by atoms with Gasteiger partial charge in [-0.3, -0.25) is 0 Å². The van der Waals surface area contributed by atoms with Crippen LogP contribution in [0.2, 0.25) is 5.02 Å². The van der Waals surface area contributed by atoms with Gasteiger partial charge in [0.1, 0.15) is 23.7 Å². The highest BCUT2D eigenvalue weighted by atomic mass is 35.5. The number of hydrogen-bond acceptors (Lipinski definition) is 7. The zero-order valence-electron chi connectivity index (χ0n) is 15.6. The first-order chi connectivity index (χ1) is 13.5. The minimum absolute atomic E-state index is 0.382. The summed E-state index contributed by atoms with van der Waals surface area (Å²) in [5, 5.41) is 7.01. The maximum Gasteiger partial charge on any atom is 0.337 e. The molecule has 2 N–H and O–H groups in total. The summed E-state index contributed by atoms with van der Waals surface area (Å²) in [4.78, 5) is 20.0. The molecule has 0 aliphatic heterocycles. The second kappa shape index (κ2) is 8.58. The van der Waals surface area contributed by atoms with Crippen LogP contribution in [0.5, 0.6) is 5.75 Å². The number of anilines is 4. The van der Waals surface area contributed by atoms with E-state index in [1.54, 1.807) is 43.5 Å². The predicted octanol–water partition coefficient (Wildman–Crippen LogP) is 4.72. The number of aromatic nitrogens is 2. The number of ether oxygens (including phenoxy) is 2. The lowest BCUT2D eigenvalue weighted by atomic mass is 10.2. The molecule has 1 heterocycles. The smallest absolute Gasteiger partial charge is 0.337 e. The van der Waals surface area contributed by atoms with Gasteiger partial charge in [0.05, 0.1) is 25.5 Å². The summed E-state index contributed by atoms with van der Waals surface area (Å²) in [6, 6.07) is 12.3. The van der Waals surface area contributed by atoms with E-state index in [-0.39, 0.29) is 5.97 Å². The molecule has 0 saturated carbocycles. The molecule has 0 spiro atoms. The molecule has 28 heavy (non-hydrogen) atoms. The number of aryl methyl sites for hydroxylation is 1. The average molecular weight is 399 g/mol. The van der Waals surface area contributed by atoms with Gasteiger partial charge in [0.2, 0.25) is 0 Å². The number of benzene rings is 2. The summed E-state index contributed by atoms with van der Waals surface area (Å²) in [6.07, 6.45) is 1.45. The fraction of sp³-hybridized carbons (Fsp3) is 0.150. The lowest BCUT2D eigenvalue weighted by molar-refractivity contribution is 0.0601. The Labute approximate surface area is 167 Å². The largest absolute Gasteiger partial charge is 0.495 e. The van der Waals surface area contributed by atoms with Gasteiger partial charge in [0, 0.05) is 22.8 Å². The van der Waals surface area contributed by atoms with E-state index in [4.69, 9.17) is 21.1 Å². The molecule has 3 rings (SSSR count). The first kappa shape index (κ1) is 19.4. The molecule has 0 amide bonds. The number of halogens is 1. The van der Waals surface area contributed by atoms with Crippen molar-refractivity contribution in [3.63, 3.8) is 0 Å². The topological polar surface area (TPSA) is 85.4 Å². The Kier molecular flexibility index (Phi) is 5.96. The van der Waals surface area contributed by atoms with Gasteiger partial charge in [-0.2, -0.15) is 0 Å². The van der Waals surface area contributed by atoms with Crippen LogP contribution in [-0.4, -0.2) is 30.2 Å². The normalized spacial score (nSPS) is 10.3. The molecule has 0 fully saturated rings. The summed E-state index contributed by atoms with van der Waals surface area (Å²) >= 11 is 6.15. The van der Waals surface area contributed by atoms with Crippen LogP contribution >= 0.6 is 11.6 Å². The van der Waals surface area contributed by atoms with E-state index in [9.17, 15) is 4.79 Å². The number of carbonyl (C=O) groups is 1. The molecule has 0 atom stereocenters. The molecule has 0 aliphatic carbocycles. The molecule has 0 aliphatic rings. The summed E-state index contributed by atoms with van der Waals surface area (Å²) in [7, 11) is 2.93. The van der Waals surface area contributed by atoms with Crippen molar-refractivity contribution in [1.29, 1.82) is 0 Å². The SMILES string of the molecule is COC(=O)c1ccc(Nc2cc(Nc3cc(C)c(Cl)cc3OC)ncn2)cc1. The number of hydrogen-bond donors (Lipinski definition) is 2. The number of carbonyl (C=O) groups excluding carboxylic acids is 1. The van der Waals surface area contributed by atoms with E-state index in [0.717, 1.165) is 16.9 Å². The Bertz CT molecular complexity index is 993. The van der Waals surface area contributed by atoms with Gasteiger partial charge in [-0.1, -0.05) is 11.6 Å². The second-order valence-electron chi connectivity index (χ2n) is 5.91. The Hall–Kier alpha value is -3.32. The lowest BCUT2D eigenvalue weighted by Gasteiger charge is -2.13. The van der Waals surface area contributed by atoms with E-state index >= 15 is 0 Å². The van der Waals surface area contributed by atoms with E-state index in [1.165, 1.54) is 13.4 Å². The Morgan fingerprint density at radius 1 is 1.00 bits per heavy atom. The molecule has 2 aromatic carbocycles. The minimum atomic E-state index is -0.382. The maximum atomic E-state index is 11.5. The van der Waals surface area contributed by atoms with E-state index in [1.807, 2.05) is 13.0 Å². The van der Waals surface area contributed by atoms with Crippen molar-refractivity contribution in [3.8, 4) is 5.75 Å². The zero-order valence-corrected chi connectivity index (χ0v) is 16.4. The predicted molar refractivity (Wildman–Crippen MR) is 109 cm³/mol. The Morgan fingerprint density at radius 2 is 1.68 bits per heavy atom. The standard InChI is InChI=1S/C20H19ClN4O3/c1-12-8-16(17(27-2)9-15(12)21)25-19-10-18(22-11-23-19)24-14-6-4-13(5-7-14)20(26)28-3/h4-11H,1-3H3,(H2,22,23,24,25). The van der Waals surface area contributed by atoms with Crippen LogP contribution in [0.3, 0.4) is 0 Å². The third-order valence-corrected chi connectivity index (χ3v) is 4.40. The third-order valence-electron chi connectivity index (χ3n) is 3.99. The molecule has 7 nitrogen and oxygen atoms in total. The van der Waals surface area contributed by atoms with Gasteiger partial charge in [-0.25, -0.2) is 14.8 Å². The van der Waals surface area contributed by atoms with Crippen LogP contribution in [0, 0.1) is 6.92 Å². The quantitative estimate of drug-likeness (QED) is 0.581. The van der Waals surface area contributed by atoms with E-state index in [2.05, 4.69) is 20.6 Å². The summed E-state index contributed by atoms with van der Waals surface area (Å²) in [6.45, 7) is 1.91. The molecule has 144 valence electrons. The van der Waals surface area contributed by atoms with E-state index in [0.29, 0.717) is 28.0 Å². The average Bonchev–Trinajstić information content (AvgIpc) is 2.71. The molecule has 0 radical (unpaired) electrons. The number of methoxy groups -OCH3 is 2. The number of nitrogens with zero attached hydrogens (tertiary/aromatic N) is 2. The zero-order chi connectivity index (χ0) is 20.1. The molecule has 1 aromatic heterocycles. The van der Waals surface area contributed by atoms with Gasteiger partial charge in [0.25, 0.3) is 0 Å². The highest BCUT2D eigenvalue weighted by Crippen LogP contribution is 2.33. The van der Waals surface area contributed by atoms with E-state index < -0.39 is 0 Å². The first-order valence-corrected chi connectivity index (χ1v) is 8.76. The molecule has 3 aromatic rings. The van der Waals surface area contributed by atoms with Crippen molar-refractivity contribution < 1.29 is 14.3 Å². The van der Waals surface area contributed by atoms with Gasteiger partial charge in [-0.15, -0.1) is 0 Å². The Balaban J connectivity index is 1.78. The third kappa shape index (κ3) is 4.50. The first-order valence-electron chi connectivity index (χ1n) is 8.38. The van der Waals surface area contributed by atoms with Crippen LogP contribution in [0.4, 0.5) is 23.0 Å². The van der Waals surface area contributed by atoms with Gasteiger partial charge in [0.15, 0.2) is 0 Å². The monoisotopic (exact) mass is 398 g/mol. The molecular formula is C20H19ClN4O3. The van der Waals surface area contributed by atoms with Crippen molar-refractivity contribution in [3.05, 3.63) is 64.9 Å². The van der Waals surface area contributed by atoms with Crippen molar-refractivity contribution in [2.75, 3.05) is 24.9 Å². The van der Waals surface area contributed by atoms with Gasteiger partial charge < -0.3 is 20.1 Å². The van der Waals surface area contributed by atoms with Crippen LogP contribution in [-0.2, 0) is 4.74 Å². The summed E-state index contributed by atoms with van der Waals surface area (Å²) < 4.78 is 10.1. The highest BCUT2D eigenvalue weighted by molar-refractivity contribution is 6.31. The van der Waals surface area contributed by atoms with Crippen molar-refractivity contribution >= 4 is 40.6 Å². The van der Waals surface area contributed by atoms with Crippen molar-refractivity contribution in [2.24, 2.45) is 0 Å². The van der Waals surface area contributed by atoms with Crippen LogP contribution in [0.25, 0.3) is 0 Å². The number of nitrogens with one attached hydrogen (secondary N) is 2. The molecule has 0 bridgehead atoms. The number of esters is 1. The second-order valence-corrected chi connectivity index (χ2v) is 6.32. The Morgan fingerprint density at radius 3 is 2.32 bits per heavy atom. The fourth-order valence-corrected chi connectivity index (χ4v) is 2.67. The van der Waals surface area contributed by atoms with Gasteiger partial charge in [-0.05, 0) is 42.8 Å². The molecule has 0 saturated heterocycles. The van der Waals surface area contributed by atoms with Crippen LogP contribution in [0.1, 0.15) is 15.9 Å². The van der Waals surface area contributed by atoms with Crippen molar-refractivity contribution in [1.82, 2.24) is 9.97 Å². The summed E-state index contributed by atoms with van der Waals surface area (Å²) in [5.41, 5.74) is 2.92. The van der Waals surface area contributed by atoms with Crippen LogP contribution < -0.4 is 15.4 Å². The maximum absolute atomic E-state index is 11.5. The highest BCUT2D eigenvalue weighted by Gasteiger charge is 2.09. The molecule has 0 unspecified atom stereocenters. The summed E-state index contributed by atoms with van der Waals surface area (Å²) in [5.74, 6) is 1.41. The minimum Gasteiger partial charge on any atom is -0.495 e. The number of rotatable bonds is 6. The fourth-order valence-electron chi connectivity index (χ4n) is 2.52. The van der Waals surface area contributed by atoms with Gasteiger partial charge >= 0.3 is 5.97 Å². The molecular weight excluding hydrogens is 380 g/mol. The van der Waals surface area contributed by atoms with Crippen LogP contribution in [0.15, 0.2) is 48.8 Å². The lowest BCUT2D eigenvalue weighted by Crippen LogP contribution is -2.02.